The summed E-state index contributed by atoms with van der Waals surface area (Å²) in [5, 5.41) is 1.13. The molecule has 38 heavy (non-hydrogen) atoms. The molecule has 0 heterocycles. The lowest BCUT2D eigenvalue weighted by molar-refractivity contribution is -0.153. The Morgan fingerprint density at radius 1 is 0.658 bits per heavy atom. The van der Waals surface area contributed by atoms with Gasteiger partial charge in [-0.2, -0.15) is 13.2 Å². The van der Waals surface area contributed by atoms with Crippen molar-refractivity contribution in [2.24, 2.45) is 0 Å². The third kappa shape index (κ3) is 7.00. The van der Waals surface area contributed by atoms with Crippen LogP contribution in [0.25, 0.3) is 10.8 Å². The summed E-state index contributed by atoms with van der Waals surface area (Å²) >= 11 is 0. The summed E-state index contributed by atoms with van der Waals surface area (Å²) in [7, 11) is 0. The van der Waals surface area contributed by atoms with E-state index in [1.807, 2.05) is 12.1 Å². The molecule has 0 fully saturated rings. The number of fused-ring (bicyclic) bond motifs is 1. The zero-order valence-electron chi connectivity index (χ0n) is 20.7. The standard InChI is InChI=1S/C30H26F6O2/c1-2-37-24-16-27(31)26(28(32)17-24)14-7-20-6-13-25-22(15-20)10-9-21(29(25)33)8-3-19-4-11-23(12-5-19)38-18-30(34,35)36/h4-6,9-13,15-17H,2-3,7-8,14,18H2,1H3. The SMILES string of the molecule is CCOc1cc(F)c(CCc2ccc3c(F)c(CCc4ccc(OCC(F)(F)F)cc4)ccc3c2)c(F)c1. The molecule has 0 aromatic heterocycles. The second-order valence-corrected chi connectivity index (χ2v) is 8.94. The van der Waals surface area contributed by atoms with E-state index in [1.54, 1.807) is 37.3 Å². The van der Waals surface area contributed by atoms with Gasteiger partial charge in [-0.05, 0) is 66.8 Å². The minimum absolute atomic E-state index is 0.0185. The van der Waals surface area contributed by atoms with E-state index < -0.39 is 24.4 Å². The normalized spacial score (nSPS) is 11.7. The fourth-order valence-electron chi connectivity index (χ4n) is 4.27. The zero-order valence-corrected chi connectivity index (χ0v) is 20.7. The van der Waals surface area contributed by atoms with E-state index in [4.69, 9.17) is 9.47 Å². The molecule has 0 aliphatic carbocycles. The monoisotopic (exact) mass is 532 g/mol. The van der Waals surface area contributed by atoms with E-state index in [0.29, 0.717) is 42.2 Å². The van der Waals surface area contributed by atoms with Crippen LogP contribution in [0, 0.1) is 17.5 Å². The number of rotatable bonds is 10. The first-order valence-electron chi connectivity index (χ1n) is 12.2. The number of ether oxygens (including phenoxy) is 2. The Morgan fingerprint density at radius 3 is 1.97 bits per heavy atom. The molecule has 0 aliphatic heterocycles. The molecule has 0 aliphatic rings. The summed E-state index contributed by atoms with van der Waals surface area (Å²) in [5.41, 5.74) is 2.16. The first-order valence-corrected chi connectivity index (χ1v) is 12.2. The molecular formula is C30H26F6O2. The highest BCUT2D eigenvalue weighted by molar-refractivity contribution is 5.84. The lowest BCUT2D eigenvalue weighted by atomic mass is 9.97. The van der Waals surface area contributed by atoms with Gasteiger partial charge in [0.2, 0.25) is 0 Å². The molecule has 0 radical (unpaired) electrons. The average Bonchev–Trinajstić information content (AvgIpc) is 2.87. The second kappa shape index (κ2) is 11.8. The number of hydrogen-bond acceptors (Lipinski definition) is 2. The van der Waals surface area contributed by atoms with E-state index in [-0.39, 0.29) is 29.3 Å². The van der Waals surface area contributed by atoms with Crippen molar-refractivity contribution >= 4 is 10.8 Å². The Bertz CT molecular complexity index is 1370. The maximum absolute atomic E-state index is 15.2. The highest BCUT2D eigenvalue weighted by atomic mass is 19.4. The minimum Gasteiger partial charge on any atom is -0.494 e. The van der Waals surface area contributed by atoms with Crippen molar-refractivity contribution in [1.82, 2.24) is 0 Å². The molecule has 0 amide bonds. The molecule has 2 nitrogen and oxygen atoms in total. The average molecular weight is 533 g/mol. The number of benzene rings is 4. The molecule has 0 unspecified atom stereocenters. The van der Waals surface area contributed by atoms with Gasteiger partial charge in [-0.3, -0.25) is 0 Å². The van der Waals surface area contributed by atoms with Crippen molar-refractivity contribution in [3.8, 4) is 11.5 Å². The highest BCUT2D eigenvalue weighted by Crippen LogP contribution is 2.26. The first-order chi connectivity index (χ1) is 18.1. The fraction of sp³-hybridized carbons (Fsp3) is 0.267. The largest absolute Gasteiger partial charge is 0.494 e. The molecule has 4 rings (SSSR count). The van der Waals surface area contributed by atoms with Crippen LogP contribution < -0.4 is 9.47 Å². The van der Waals surface area contributed by atoms with Crippen LogP contribution in [-0.4, -0.2) is 19.4 Å². The van der Waals surface area contributed by atoms with Gasteiger partial charge in [0, 0.05) is 23.1 Å². The molecule has 0 bridgehead atoms. The van der Waals surface area contributed by atoms with Gasteiger partial charge in [0.1, 0.15) is 29.0 Å². The van der Waals surface area contributed by atoms with Crippen LogP contribution in [0.15, 0.2) is 66.7 Å². The predicted molar refractivity (Wildman–Crippen MR) is 134 cm³/mol. The van der Waals surface area contributed by atoms with Gasteiger partial charge >= 0.3 is 6.18 Å². The van der Waals surface area contributed by atoms with Crippen molar-refractivity contribution in [2.45, 2.75) is 38.8 Å². The van der Waals surface area contributed by atoms with Gasteiger partial charge in [-0.1, -0.05) is 42.5 Å². The summed E-state index contributed by atoms with van der Waals surface area (Å²) in [6.45, 7) is 0.688. The van der Waals surface area contributed by atoms with Crippen molar-refractivity contribution in [1.29, 1.82) is 0 Å². The van der Waals surface area contributed by atoms with Crippen molar-refractivity contribution in [2.75, 3.05) is 13.2 Å². The Balaban J connectivity index is 1.40. The van der Waals surface area contributed by atoms with E-state index in [9.17, 15) is 22.0 Å². The van der Waals surface area contributed by atoms with Crippen LogP contribution in [0.1, 0.15) is 29.2 Å². The van der Waals surface area contributed by atoms with Gasteiger partial charge in [0.05, 0.1) is 6.61 Å². The molecule has 0 N–H and O–H groups in total. The molecule has 0 saturated carbocycles. The van der Waals surface area contributed by atoms with Gasteiger partial charge in [0.25, 0.3) is 0 Å². The number of halogens is 6. The lowest BCUT2D eigenvalue weighted by Crippen LogP contribution is -2.19. The summed E-state index contributed by atoms with van der Waals surface area (Å²) in [4.78, 5) is 0. The van der Waals surface area contributed by atoms with E-state index in [0.717, 1.165) is 11.1 Å². The van der Waals surface area contributed by atoms with E-state index in [1.165, 1.54) is 24.3 Å². The number of alkyl halides is 3. The summed E-state index contributed by atoms with van der Waals surface area (Å²) < 4.78 is 90.6. The summed E-state index contributed by atoms with van der Waals surface area (Å²) in [5.74, 6) is -1.40. The lowest BCUT2D eigenvalue weighted by Gasteiger charge is -2.11. The zero-order chi connectivity index (χ0) is 27.3. The van der Waals surface area contributed by atoms with Crippen LogP contribution in [0.4, 0.5) is 26.3 Å². The third-order valence-corrected chi connectivity index (χ3v) is 6.20. The molecule has 4 aromatic carbocycles. The van der Waals surface area contributed by atoms with Gasteiger partial charge in [-0.25, -0.2) is 13.2 Å². The van der Waals surface area contributed by atoms with Crippen LogP contribution in [0.5, 0.6) is 11.5 Å². The maximum Gasteiger partial charge on any atom is 0.422 e. The second-order valence-electron chi connectivity index (χ2n) is 8.94. The Labute approximate surface area is 216 Å². The van der Waals surface area contributed by atoms with Crippen LogP contribution >= 0.6 is 0 Å². The van der Waals surface area contributed by atoms with Crippen molar-refractivity contribution in [3.05, 3.63) is 106 Å². The summed E-state index contributed by atoms with van der Waals surface area (Å²) in [6, 6.07) is 17.3. The smallest absolute Gasteiger partial charge is 0.422 e. The first kappa shape index (κ1) is 27.4. The van der Waals surface area contributed by atoms with Crippen LogP contribution in [0.2, 0.25) is 0 Å². The van der Waals surface area contributed by atoms with Crippen molar-refractivity contribution < 1.29 is 35.8 Å². The topological polar surface area (TPSA) is 18.5 Å². The van der Waals surface area contributed by atoms with E-state index in [2.05, 4.69) is 0 Å². The molecule has 0 saturated heterocycles. The van der Waals surface area contributed by atoms with Gasteiger partial charge in [-0.15, -0.1) is 0 Å². The number of hydrogen-bond donors (Lipinski definition) is 0. The van der Waals surface area contributed by atoms with Gasteiger partial charge < -0.3 is 9.47 Å². The number of aryl methyl sites for hydroxylation is 3. The third-order valence-electron chi connectivity index (χ3n) is 6.20. The highest BCUT2D eigenvalue weighted by Gasteiger charge is 2.28. The van der Waals surface area contributed by atoms with Crippen LogP contribution in [0.3, 0.4) is 0 Å². The predicted octanol–water partition coefficient (Wildman–Crippen LogP) is 8.17. The Morgan fingerprint density at radius 2 is 1.32 bits per heavy atom. The fourth-order valence-corrected chi connectivity index (χ4v) is 4.27. The quantitative estimate of drug-likeness (QED) is 0.192. The molecular weight excluding hydrogens is 506 g/mol. The van der Waals surface area contributed by atoms with E-state index >= 15 is 4.39 Å². The van der Waals surface area contributed by atoms with Crippen LogP contribution in [-0.2, 0) is 25.7 Å². The molecule has 4 aromatic rings. The molecule has 0 atom stereocenters. The summed E-state index contributed by atoms with van der Waals surface area (Å²) in [6.07, 6.45) is -2.97. The Kier molecular flexibility index (Phi) is 8.49. The van der Waals surface area contributed by atoms with Crippen molar-refractivity contribution in [3.63, 3.8) is 0 Å². The Hall–Kier alpha value is -3.68. The molecule has 0 spiro atoms. The minimum atomic E-state index is -4.40. The maximum atomic E-state index is 15.2. The molecule has 200 valence electrons. The molecule has 8 heteroatoms. The van der Waals surface area contributed by atoms with Gasteiger partial charge in [0.15, 0.2) is 6.61 Å².